The minimum Gasteiger partial charge on any atom is -0.382 e. The fourth-order valence-corrected chi connectivity index (χ4v) is 2.21. The average molecular weight is 332 g/mol. The lowest BCUT2D eigenvalue weighted by molar-refractivity contribution is 0.422. The monoisotopic (exact) mass is 331 g/mol. The van der Waals surface area contributed by atoms with Crippen molar-refractivity contribution in [3.63, 3.8) is 0 Å². The summed E-state index contributed by atoms with van der Waals surface area (Å²) in [4.78, 5) is 12.3. The second-order valence-corrected chi connectivity index (χ2v) is 5.03. The smallest absolute Gasteiger partial charge is 0.280 e. The van der Waals surface area contributed by atoms with E-state index in [9.17, 15) is 0 Å². The zero-order valence-electron chi connectivity index (χ0n) is 10.3. The summed E-state index contributed by atoms with van der Waals surface area (Å²) in [5, 5.41) is 3.93. The van der Waals surface area contributed by atoms with Gasteiger partial charge in [0.05, 0.1) is 0 Å². The normalized spacial score (nSPS) is 10.7. The Morgan fingerprint density at radius 1 is 1.20 bits per heavy atom. The predicted octanol–water partition coefficient (Wildman–Crippen LogP) is 2.46. The zero-order valence-corrected chi connectivity index (χ0v) is 11.9. The van der Waals surface area contributed by atoms with Gasteiger partial charge in [-0.3, -0.25) is 0 Å². The highest BCUT2D eigenvalue weighted by Crippen LogP contribution is 2.20. The van der Waals surface area contributed by atoms with Crippen LogP contribution in [0.25, 0.3) is 11.6 Å². The van der Waals surface area contributed by atoms with E-state index in [0.29, 0.717) is 17.9 Å². The van der Waals surface area contributed by atoms with Gasteiger partial charge in [-0.2, -0.15) is 4.98 Å². The molecule has 20 heavy (non-hydrogen) atoms. The summed E-state index contributed by atoms with van der Waals surface area (Å²) in [5.41, 5.74) is 7.21. The molecule has 0 saturated carbocycles. The summed E-state index contributed by atoms with van der Waals surface area (Å²) in [6, 6.07) is 7.93. The van der Waals surface area contributed by atoms with E-state index in [2.05, 4.69) is 36.0 Å². The molecule has 0 saturated heterocycles. The summed E-state index contributed by atoms with van der Waals surface area (Å²) in [7, 11) is 0. The van der Waals surface area contributed by atoms with Crippen LogP contribution in [0.5, 0.6) is 0 Å². The van der Waals surface area contributed by atoms with Crippen molar-refractivity contribution < 1.29 is 4.52 Å². The van der Waals surface area contributed by atoms with Gasteiger partial charge in [-0.1, -0.05) is 33.2 Å². The van der Waals surface area contributed by atoms with Gasteiger partial charge in [0.25, 0.3) is 5.89 Å². The molecule has 0 amide bonds. The second-order valence-electron chi connectivity index (χ2n) is 4.11. The first-order valence-electron chi connectivity index (χ1n) is 5.86. The standard InChI is InChI=1S/C13H10BrN5O/c14-9-3-1-2-8(6-9)7-10-18-13(20-19-10)11-12(15)17-5-4-16-11/h1-6H,7H2,(H2,15,17). The first-order chi connectivity index (χ1) is 9.72. The van der Waals surface area contributed by atoms with E-state index in [1.807, 2.05) is 24.3 Å². The van der Waals surface area contributed by atoms with Crippen molar-refractivity contribution in [3.05, 3.63) is 52.5 Å². The minimum atomic E-state index is 0.269. The number of aromatic nitrogens is 4. The maximum Gasteiger partial charge on any atom is 0.280 e. The largest absolute Gasteiger partial charge is 0.382 e. The quantitative estimate of drug-likeness (QED) is 0.792. The fraction of sp³-hybridized carbons (Fsp3) is 0.0769. The third kappa shape index (κ3) is 2.67. The molecular weight excluding hydrogens is 322 g/mol. The molecule has 0 unspecified atom stereocenters. The number of benzene rings is 1. The molecule has 2 aromatic heterocycles. The van der Waals surface area contributed by atoms with Crippen LogP contribution in [0.2, 0.25) is 0 Å². The van der Waals surface area contributed by atoms with E-state index in [-0.39, 0.29) is 11.7 Å². The van der Waals surface area contributed by atoms with Crippen molar-refractivity contribution in [3.8, 4) is 11.6 Å². The number of nitrogen functional groups attached to an aromatic ring is 1. The van der Waals surface area contributed by atoms with Crippen molar-refractivity contribution in [1.29, 1.82) is 0 Å². The van der Waals surface area contributed by atoms with Crippen LogP contribution in [0.15, 0.2) is 45.7 Å². The number of anilines is 1. The van der Waals surface area contributed by atoms with Gasteiger partial charge in [-0.05, 0) is 17.7 Å². The maximum atomic E-state index is 5.73. The van der Waals surface area contributed by atoms with Crippen LogP contribution < -0.4 is 5.73 Å². The molecule has 0 atom stereocenters. The molecular formula is C13H10BrN5O. The summed E-state index contributed by atoms with van der Waals surface area (Å²) in [6.07, 6.45) is 3.62. The van der Waals surface area contributed by atoms with Gasteiger partial charge >= 0.3 is 0 Å². The van der Waals surface area contributed by atoms with E-state index >= 15 is 0 Å². The van der Waals surface area contributed by atoms with Crippen molar-refractivity contribution >= 4 is 21.7 Å². The molecule has 7 heteroatoms. The van der Waals surface area contributed by atoms with Crippen molar-refractivity contribution in [1.82, 2.24) is 20.1 Å². The first-order valence-corrected chi connectivity index (χ1v) is 6.65. The van der Waals surface area contributed by atoms with Gasteiger partial charge < -0.3 is 10.3 Å². The molecule has 1 aromatic carbocycles. The molecule has 2 N–H and O–H groups in total. The Morgan fingerprint density at radius 3 is 2.85 bits per heavy atom. The lowest BCUT2D eigenvalue weighted by atomic mass is 10.1. The van der Waals surface area contributed by atoms with E-state index in [0.717, 1.165) is 10.0 Å². The number of nitrogens with zero attached hydrogens (tertiary/aromatic N) is 4. The van der Waals surface area contributed by atoms with Gasteiger partial charge in [0.1, 0.15) is 0 Å². The van der Waals surface area contributed by atoms with Crippen molar-refractivity contribution in [2.24, 2.45) is 0 Å². The van der Waals surface area contributed by atoms with Crippen LogP contribution in [0.3, 0.4) is 0 Å². The van der Waals surface area contributed by atoms with Crippen LogP contribution in [-0.2, 0) is 6.42 Å². The predicted molar refractivity (Wildman–Crippen MR) is 76.7 cm³/mol. The molecule has 0 bridgehead atoms. The van der Waals surface area contributed by atoms with Gasteiger partial charge in [0.15, 0.2) is 17.3 Å². The number of rotatable bonds is 3. The third-order valence-corrected chi connectivity index (χ3v) is 3.14. The van der Waals surface area contributed by atoms with Crippen molar-refractivity contribution in [2.75, 3.05) is 5.73 Å². The van der Waals surface area contributed by atoms with E-state index in [1.165, 1.54) is 12.4 Å². The molecule has 0 aliphatic carbocycles. The molecule has 0 spiro atoms. The summed E-state index contributed by atoms with van der Waals surface area (Å²) in [6.45, 7) is 0. The Hall–Kier alpha value is -2.28. The minimum absolute atomic E-state index is 0.269. The van der Waals surface area contributed by atoms with Crippen LogP contribution in [0, 0.1) is 0 Å². The molecule has 3 rings (SSSR count). The highest BCUT2D eigenvalue weighted by molar-refractivity contribution is 9.10. The number of halogens is 1. The van der Waals surface area contributed by atoms with Crippen LogP contribution in [0.4, 0.5) is 5.82 Å². The summed E-state index contributed by atoms with van der Waals surface area (Å²) < 4.78 is 6.19. The van der Waals surface area contributed by atoms with E-state index < -0.39 is 0 Å². The SMILES string of the molecule is Nc1nccnc1-c1nc(Cc2cccc(Br)c2)no1. The van der Waals surface area contributed by atoms with Gasteiger partial charge in [-0.25, -0.2) is 9.97 Å². The fourth-order valence-electron chi connectivity index (χ4n) is 1.77. The molecule has 0 aliphatic rings. The Labute approximate surface area is 123 Å². The molecule has 100 valence electrons. The molecule has 0 fully saturated rings. The van der Waals surface area contributed by atoms with E-state index in [1.54, 1.807) is 0 Å². The van der Waals surface area contributed by atoms with Crippen molar-refractivity contribution in [2.45, 2.75) is 6.42 Å². The number of hydrogen-bond donors (Lipinski definition) is 1. The van der Waals surface area contributed by atoms with Crippen LogP contribution >= 0.6 is 15.9 Å². The molecule has 2 heterocycles. The lowest BCUT2D eigenvalue weighted by Crippen LogP contribution is -1.96. The summed E-state index contributed by atoms with van der Waals surface area (Å²) >= 11 is 3.43. The molecule has 0 radical (unpaired) electrons. The highest BCUT2D eigenvalue weighted by atomic mass is 79.9. The second kappa shape index (κ2) is 5.38. The van der Waals surface area contributed by atoms with Gasteiger partial charge in [0, 0.05) is 23.3 Å². The topological polar surface area (TPSA) is 90.7 Å². The third-order valence-electron chi connectivity index (χ3n) is 2.65. The first kappa shape index (κ1) is 12.7. The van der Waals surface area contributed by atoms with Crippen LogP contribution in [0.1, 0.15) is 11.4 Å². The number of nitrogens with two attached hydrogens (primary N) is 1. The molecule has 3 aromatic rings. The number of hydrogen-bond acceptors (Lipinski definition) is 6. The maximum absolute atomic E-state index is 5.73. The Kier molecular flexibility index (Phi) is 3.42. The van der Waals surface area contributed by atoms with Gasteiger partial charge in [-0.15, -0.1) is 0 Å². The Morgan fingerprint density at radius 2 is 2.05 bits per heavy atom. The molecule has 0 aliphatic heterocycles. The lowest BCUT2D eigenvalue weighted by Gasteiger charge is -1.97. The summed E-state index contributed by atoms with van der Waals surface area (Å²) in [5.74, 6) is 1.12. The van der Waals surface area contributed by atoms with Gasteiger partial charge in [0.2, 0.25) is 0 Å². The Balaban J connectivity index is 1.86. The van der Waals surface area contributed by atoms with Crippen LogP contribution in [-0.4, -0.2) is 20.1 Å². The highest BCUT2D eigenvalue weighted by Gasteiger charge is 2.13. The Bertz CT molecular complexity index is 743. The average Bonchev–Trinajstić information content (AvgIpc) is 2.87. The zero-order chi connectivity index (χ0) is 13.9. The van der Waals surface area contributed by atoms with E-state index in [4.69, 9.17) is 10.3 Å². The molecule has 6 nitrogen and oxygen atoms in total.